The van der Waals surface area contributed by atoms with Gasteiger partial charge in [0.1, 0.15) is 11.6 Å². The number of likely N-dealkylation sites (tertiary alicyclic amines) is 1. The number of rotatable bonds is 4. The lowest BCUT2D eigenvalue weighted by Gasteiger charge is -2.30. The van der Waals surface area contributed by atoms with Gasteiger partial charge in [-0.1, -0.05) is 12.1 Å². The number of benzene rings is 1. The molecule has 3 heterocycles. The molecule has 6 heteroatoms. The van der Waals surface area contributed by atoms with E-state index in [1.165, 1.54) is 12.1 Å². The van der Waals surface area contributed by atoms with Crippen LogP contribution in [0.4, 0.5) is 4.39 Å². The number of piperidine rings is 1. The number of hydrogen-bond acceptors (Lipinski definition) is 4. The number of aromatic amines is 1. The van der Waals surface area contributed by atoms with Crippen LogP contribution >= 0.6 is 0 Å². The van der Waals surface area contributed by atoms with Gasteiger partial charge in [0.15, 0.2) is 5.82 Å². The van der Waals surface area contributed by atoms with Gasteiger partial charge in [0.25, 0.3) is 0 Å². The van der Waals surface area contributed by atoms with Crippen LogP contribution in [0.15, 0.2) is 48.8 Å². The Bertz CT molecular complexity index is 807. The van der Waals surface area contributed by atoms with Crippen molar-refractivity contribution in [2.24, 2.45) is 0 Å². The standard InChI is InChI=1S/C19H20FN5/c20-17-5-3-14(4-6-17)13-25-10-7-15(8-11-25)18-22-19(24-23-18)16-2-1-9-21-12-16/h1-6,9,12,15H,7-8,10-11,13H2,(H,22,23,24). The van der Waals surface area contributed by atoms with Crippen LogP contribution in [0.3, 0.4) is 0 Å². The average Bonchev–Trinajstić information content (AvgIpc) is 3.15. The Kier molecular flexibility index (Phi) is 4.52. The van der Waals surface area contributed by atoms with Gasteiger partial charge >= 0.3 is 0 Å². The monoisotopic (exact) mass is 337 g/mol. The summed E-state index contributed by atoms with van der Waals surface area (Å²) in [6, 6.07) is 10.6. The Morgan fingerprint density at radius 2 is 1.92 bits per heavy atom. The highest BCUT2D eigenvalue weighted by Crippen LogP contribution is 2.27. The molecule has 5 nitrogen and oxygen atoms in total. The van der Waals surface area contributed by atoms with Crippen LogP contribution in [0, 0.1) is 5.82 Å². The van der Waals surface area contributed by atoms with Crippen LogP contribution in [0.1, 0.15) is 30.1 Å². The smallest absolute Gasteiger partial charge is 0.182 e. The molecule has 0 bridgehead atoms. The second-order valence-corrected chi connectivity index (χ2v) is 6.46. The van der Waals surface area contributed by atoms with Crippen molar-refractivity contribution in [2.75, 3.05) is 13.1 Å². The van der Waals surface area contributed by atoms with Gasteiger partial charge in [0.05, 0.1) is 0 Å². The largest absolute Gasteiger partial charge is 0.299 e. The molecule has 128 valence electrons. The summed E-state index contributed by atoms with van der Waals surface area (Å²) in [5.74, 6) is 1.89. The molecule has 1 saturated heterocycles. The first-order valence-electron chi connectivity index (χ1n) is 8.57. The van der Waals surface area contributed by atoms with Gasteiger partial charge in [-0.15, -0.1) is 0 Å². The van der Waals surface area contributed by atoms with Gasteiger partial charge in [-0.25, -0.2) is 9.37 Å². The van der Waals surface area contributed by atoms with E-state index in [4.69, 9.17) is 0 Å². The van der Waals surface area contributed by atoms with Gasteiger partial charge in [-0.05, 0) is 55.8 Å². The molecule has 0 amide bonds. The molecule has 25 heavy (non-hydrogen) atoms. The predicted octanol–water partition coefficient (Wildman–Crippen LogP) is 3.39. The van der Waals surface area contributed by atoms with E-state index in [0.29, 0.717) is 11.7 Å². The zero-order chi connectivity index (χ0) is 17.1. The minimum absolute atomic E-state index is 0.183. The van der Waals surface area contributed by atoms with E-state index >= 15 is 0 Å². The van der Waals surface area contributed by atoms with Crippen molar-refractivity contribution in [1.29, 1.82) is 0 Å². The van der Waals surface area contributed by atoms with E-state index in [0.717, 1.165) is 49.4 Å². The summed E-state index contributed by atoms with van der Waals surface area (Å²) in [6.07, 6.45) is 5.61. The number of nitrogens with zero attached hydrogens (tertiary/aromatic N) is 4. The average molecular weight is 337 g/mol. The molecular formula is C19H20FN5. The number of halogens is 1. The Morgan fingerprint density at radius 3 is 2.64 bits per heavy atom. The summed E-state index contributed by atoms with van der Waals surface area (Å²) in [6.45, 7) is 2.88. The molecular weight excluding hydrogens is 317 g/mol. The maximum atomic E-state index is 13.0. The van der Waals surface area contributed by atoms with E-state index in [1.54, 1.807) is 12.4 Å². The van der Waals surface area contributed by atoms with Gasteiger partial charge in [0, 0.05) is 30.4 Å². The third-order valence-electron chi connectivity index (χ3n) is 4.72. The van der Waals surface area contributed by atoms with E-state index in [-0.39, 0.29) is 5.82 Å². The molecule has 4 rings (SSSR count). The highest BCUT2D eigenvalue weighted by atomic mass is 19.1. The molecule has 3 aromatic rings. The molecule has 1 aromatic carbocycles. The normalized spacial score (nSPS) is 16.2. The van der Waals surface area contributed by atoms with Crippen molar-refractivity contribution in [3.63, 3.8) is 0 Å². The molecule has 1 aliphatic rings. The maximum absolute atomic E-state index is 13.0. The topological polar surface area (TPSA) is 57.7 Å². The summed E-state index contributed by atoms with van der Waals surface area (Å²) >= 11 is 0. The lowest BCUT2D eigenvalue weighted by molar-refractivity contribution is 0.202. The SMILES string of the molecule is Fc1ccc(CN2CCC(c3nc(-c4cccnc4)n[nH]3)CC2)cc1. The minimum Gasteiger partial charge on any atom is -0.299 e. The van der Waals surface area contributed by atoms with Crippen LogP contribution < -0.4 is 0 Å². The lowest BCUT2D eigenvalue weighted by atomic mass is 9.96. The van der Waals surface area contributed by atoms with Crippen LogP contribution in [-0.2, 0) is 6.54 Å². The van der Waals surface area contributed by atoms with E-state index in [9.17, 15) is 4.39 Å². The number of nitrogens with one attached hydrogen (secondary N) is 1. The highest BCUT2D eigenvalue weighted by Gasteiger charge is 2.23. The fourth-order valence-corrected chi connectivity index (χ4v) is 3.29. The Labute approximate surface area is 145 Å². The zero-order valence-corrected chi connectivity index (χ0v) is 13.9. The van der Waals surface area contributed by atoms with Crippen molar-refractivity contribution in [3.8, 4) is 11.4 Å². The molecule has 0 spiro atoms. The first-order valence-corrected chi connectivity index (χ1v) is 8.57. The molecule has 0 saturated carbocycles. The van der Waals surface area contributed by atoms with Crippen molar-refractivity contribution >= 4 is 0 Å². The summed E-state index contributed by atoms with van der Waals surface area (Å²) < 4.78 is 13.0. The summed E-state index contributed by atoms with van der Waals surface area (Å²) in [4.78, 5) is 11.2. The molecule has 2 aromatic heterocycles. The predicted molar refractivity (Wildman–Crippen MR) is 93.3 cm³/mol. The van der Waals surface area contributed by atoms with E-state index in [1.807, 2.05) is 24.3 Å². The molecule has 1 N–H and O–H groups in total. The molecule has 0 aliphatic carbocycles. The second kappa shape index (κ2) is 7.11. The third kappa shape index (κ3) is 3.74. The van der Waals surface area contributed by atoms with Crippen molar-refractivity contribution in [3.05, 3.63) is 66.0 Å². The highest BCUT2D eigenvalue weighted by molar-refractivity contribution is 5.52. The number of hydrogen-bond donors (Lipinski definition) is 1. The molecule has 1 aliphatic heterocycles. The fraction of sp³-hybridized carbons (Fsp3) is 0.316. The summed E-state index contributed by atoms with van der Waals surface area (Å²) in [5, 5.41) is 7.43. The third-order valence-corrected chi connectivity index (χ3v) is 4.72. The van der Waals surface area contributed by atoms with Crippen molar-refractivity contribution in [2.45, 2.75) is 25.3 Å². The van der Waals surface area contributed by atoms with Gasteiger partial charge in [0.2, 0.25) is 0 Å². The molecule has 0 atom stereocenters. The van der Waals surface area contributed by atoms with E-state index < -0.39 is 0 Å². The quantitative estimate of drug-likeness (QED) is 0.793. The number of H-pyrrole nitrogens is 1. The van der Waals surface area contributed by atoms with Crippen molar-refractivity contribution in [1.82, 2.24) is 25.1 Å². The maximum Gasteiger partial charge on any atom is 0.182 e. The van der Waals surface area contributed by atoms with Crippen molar-refractivity contribution < 1.29 is 4.39 Å². The van der Waals surface area contributed by atoms with Gasteiger partial charge in [-0.3, -0.25) is 15.0 Å². The van der Waals surface area contributed by atoms with Gasteiger partial charge < -0.3 is 0 Å². The first kappa shape index (κ1) is 15.9. The Morgan fingerprint density at radius 1 is 1.12 bits per heavy atom. The molecule has 1 fully saturated rings. The van der Waals surface area contributed by atoms with Gasteiger partial charge in [-0.2, -0.15) is 5.10 Å². The Hall–Kier alpha value is -2.60. The molecule has 0 unspecified atom stereocenters. The fourth-order valence-electron chi connectivity index (χ4n) is 3.29. The Balaban J connectivity index is 1.36. The van der Waals surface area contributed by atoms with Crippen LogP contribution in [0.5, 0.6) is 0 Å². The summed E-state index contributed by atoms with van der Waals surface area (Å²) in [5.41, 5.74) is 2.08. The summed E-state index contributed by atoms with van der Waals surface area (Å²) in [7, 11) is 0. The number of pyridine rings is 1. The van der Waals surface area contributed by atoms with E-state index in [2.05, 4.69) is 25.1 Å². The van der Waals surface area contributed by atoms with Crippen LogP contribution in [0.2, 0.25) is 0 Å². The van der Waals surface area contributed by atoms with Crippen LogP contribution in [-0.4, -0.2) is 38.2 Å². The second-order valence-electron chi connectivity index (χ2n) is 6.46. The zero-order valence-electron chi connectivity index (χ0n) is 13.9. The lowest BCUT2D eigenvalue weighted by Crippen LogP contribution is -2.32. The number of aromatic nitrogens is 4. The minimum atomic E-state index is -0.183. The molecule has 0 radical (unpaired) electrons. The van der Waals surface area contributed by atoms with Crippen LogP contribution in [0.25, 0.3) is 11.4 Å². The first-order chi connectivity index (χ1) is 12.3.